The first-order valence-electron chi connectivity index (χ1n) is 14.1. The van der Waals surface area contributed by atoms with Gasteiger partial charge in [-0.3, -0.25) is 4.79 Å². The fourth-order valence-corrected chi connectivity index (χ4v) is 4.66. The Morgan fingerprint density at radius 3 is 2.45 bits per heavy atom. The Morgan fingerprint density at radius 1 is 1.18 bits per heavy atom. The molecule has 4 rings (SSSR count). The third kappa shape index (κ3) is 9.74. The Bertz CT molecular complexity index is 905. The molecule has 4 heterocycles. The summed E-state index contributed by atoms with van der Waals surface area (Å²) in [6.45, 7) is 10.7. The number of carbonyl (C=O) groups is 2. The average molecular weight is 531 g/mol. The molecular formula is C27H46N8O3. The molecule has 2 atom stereocenters. The molecule has 3 aliphatic heterocycles. The average Bonchev–Trinajstić information content (AvgIpc) is 3.35. The van der Waals surface area contributed by atoms with Crippen LogP contribution in [0.25, 0.3) is 0 Å². The number of amides is 3. The van der Waals surface area contributed by atoms with Crippen molar-refractivity contribution < 1.29 is 14.3 Å². The summed E-state index contributed by atoms with van der Waals surface area (Å²) in [5.74, 6) is 3.42. The van der Waals surface area contributed by atoms with Gasteiger partial charge in [0.1, 0.15) is 5.84 Å². The van der Waals surface area contributed by atoms with Crippen LogP contribution in [-0.2, 0) is 4.79 Å². The molecule has 38 heavy (non-hydrogen) atoms. The maximum Gasteiger partial charge on any atom is 0.345 e. The van der Waals surface area contributed by atoms with Crippen molar-refractivity contribution in [3.05, 3.63) is 12.4 Å². The molecule has 2 unspecified atom stereocenters. The van der Waals surface area contributed by atoms with E-state index in [4.69, 9.17) is 16.2 Å². The molecule has 5 N–H and O–H groups in total. The van der Waals surface area contributed by atoms with Crippen LogP contribution in [0.2, 0.25) is 0 Å². The van der Waals surface area contributed by atoms with Crippen LogP contribution in [0.15, 0.2) is 17.4 Å². The van der Waals surface area contributed by atoms with Crippen molar-refractivity contribution >= 4 is 23.7 Å². The van der Waals surface area contributed by atoms with Crippen molar-refractivity contribution in [3.8, 4) is 5.75 Å². The number of nitrogens with one attached hydrogen (secondary N) is 1. The molecule has 3 amide bonds. The number of aromatic nitrogens is 2. The highest BCUT2D eigenvalue weighted by molar-refractivity contribution is 5.93. The van der Waals surface area contributed by atoms with Gasteiger partial charge in [-0.1, -0.05) is 20.8 Å². The number of piperidine rings is 2. The molecule has 1 aromatic heterocycles. The number of likely N-dealkylation sites (tertiary alicyclic amines) is 1. The molecule has 11 heteroatoms. The summed E-state index contributed by atoms with van der Waals surface area (Å²) in [5, 5.41) is 2.79. The van der Waals surface area contributed by atoms with Crippen LogP contribution in [0.5, 0.6) is 5.75 Å². The number of carbonyl (C=O) groups excluding carboxylic acids is 2. The lowest BCUT2D eigenvalue weighted by atomic mass is 9.92. The van der Waals surface area contributed by atoms with E-state index in [2.05, 4.69) is 32.1 Å². The third-order valence-electron chi connectivity index (χ3n) is 7.36. The van der Waals surface area contributed by atoms with E-state index in [0.717, 1.165) is 83.6 Å². The highest BCUT2D eigenvalue weighted by Crippen LogP contribution is 2.23. The van der Waals surface area contributed by atoms with E-state index in [1.807, 2.05) is 13.8 Å². The van der Waals surface area contributed by atoms with Crippen LogP contribution in [0, 0.1) is 17.8 Å². The summed E-state index contributed by atoms with van der Waals surface area (Å²) in [4.78, 5) is 39.4. The Hall–Kier alpha value is -2.95. The second-order valence-corrected chi connectivity index (χ2v) is 11.1. The quantitative estimate of drug-likeness (QED) is 0.276. The first-order valence-corrected chi connectivity index (χ1v) is 14.1. The lowest BCUT2D eigenvalue weighted by Crippen LogP contribution is -2.38. The minimum atomic E-state index is -0.206. The number of hydrogen-bond donors (Lipinski definition) is 3. The Kier molecular flexibility index (Phi) is 11.6. The van der Waals surface area contributed by atoms with Crippen LogP contribution in [0.1, 0.15) is 65.7 Å². The summed E-state index contributed by atoms with van der Waals surface area (Å²) in [6, 6.07) is 0.00255. The third-order valence-corrected chi connectivity index (χ3v) is 7.36. The zero-order valence-electron chi connectivity index (χ0n) is 23.3. The van der Waals surface area contributed by atoms with E-state index in [-0.39, 0.29) is 23.9 Å². The van der Waals surface area contributed by atoms with Gasteiger partial charge >= 0.3 is 6.03 Å². The number of hydrogen-bond acceptors (Lipinski definition) is 7. The van der Waals surface area contributed by atoms with Crippen molar-refractivity contribution in [2.45, 2.75) is 71.8 Å². The second-order valence-electron chi connectivity index (χ2n) is 11.1. The van der Waals surface area contributed by atoms with Crippen molar-refractivity contribution in [3.63, 3.8) is 0 Å². The number of anilines is 1. The first-order chi connectivity index (χ1) is 18.2. The van der Waals surface area contributed by atoms with E-state index in [1.54, 1.807) is 17.3 Å². The van der Waals surface area contributed by atoms with Gasteiger partial charge in [-0.25, -0.2) is 14.8 Å². The predicted molar refractivity (Wildman–Crippen MR) is 149 cm³/mol. The van der Waals surface area contributed by atoms with Crippen molar-refractivity contribution in [2.75, 3.05) is 44.2 Å². The molecule has 0 radical (unpaired) electrons. The Balaban J connectivity index is 0.000000427. The zero-order valence-corrected chi connectivity index (χ0v) is 23.3. The number of nitrogens with two attached hydrogens (primary N) is 2. The van der Waals surface area contributed by atoms with E-state index in [9.17, 15) is 9.59 Å². The van der Waals surface area contributed by atoms with E-state index >= 15 is 0 Å². The standard InChI is InChI=1S/C21H35N7O2.C6H11NO/c1-15(2)19(23)26-21(29)27-8-5-16(6-9-27)4-3-11-30-18-12-24-20(25-13-18)28-10-7-17(22)14-28;1-5-2-3-6(8)7-4-5/h12-13,15-17H,3-11,14,22H2,1-2H3,(H2,23,26,29);5H,2-4H2,1H3,(H,7,8). The predicted octanol–water partition coefficient (Wildman–Crippen LogP) is 2.55. The largest absolute Gasteiger partial charge is 0.490 e. The number of nitrogens with zero attached hydrogens (tertiary/aromatic N) is 5. The highest BCUT2D eigenvalue weighted by Gasteiger charge is 2.23. The number of aliphatic imine (C=N–C) groups is 1. The molecule has 1 aromatic rings. The maximum atomic E-state index is 12.2. The van der Waals surface area contributed by atoms with Gasteiger partial charge in [-0.2, -0.15) is 4.99 Å². The highest BCUT2D eigenvalue weighted by atomic mass is 16.5. The summed E-state index contributed by atoms with van der Waals surface area (Å²) in [7, 11) is 0. The lowest BCUT2D eigenvalue weighted by molar-refractivity contribution is -0.122. The van der Waals surface area contributed by atoms with Crippen LogP contribution in [-0.4, -0.2) is 78.0 Å². The minimum absolute atomic E-state index is 0.0895. The molecule has 0 bridgehead atoms. The van der Waals surface area contributed by atoms with Crippen LogP contribution in [0.4, 0.5) is 10.7 Å². The van der Waals surface area contributed by atoms with Crippen LogP contribution >= 0.6 is 0 Å². The van der Waals surface area contributed by atoms with Crippen molar-refractivity contribution in [1.82, 2.24) is 20.2 Å². The minimum Gasteiger partial charge on any atom is -0.490 e. The Morgan fingerprint density at radius 2 is 1.89 bits per heavy atom. The van der Waals surface area contributed by atoms with Gasteiger partial charge in [-0.05, 0) is 50.4 Å². The van der Waals surface area contributed by atoms with Gasteiger partial charge in [0.25, 0.3) is 0 Å². The molecule has 11 nitrogen and oxygen atoms in total. The molecule has 3 aliphatic rings. The van der Waals surface area contributed by atoms with Crippen molar-refractivity contribution in [1.29, 1.82) is 0 Å². The topological polar surface area (TPSA) is 152 Å². The molecule has 0 aliphatic carbocycles. The van der Waals surface area contributed by atoms with Crippen LogP contribution < -0.4 is 26.4 Å². The zero-order chi connectivity index (χ0) is 27.5. The number of rotatable bonds is 7. The SMILES string of the molecule is CC(C)/C(N)=N/C(=O)N1CCC(CCCOc2cnc(N3CCC(N)C3)nc2)CC1.CC1CCC(=O)NC1. The van der Waals surface area contributed by atoms with Crippen molar-refractivity contribution in [2.24, 2.45) is 34.2 Å². The van der Waals surface area contributed by atoms with E-state index in [0.29, 0.717) is 30.0 Å². The summed E-state index contributed by atoms with van der Waals surface area (Å²) < 4.78 is 5.80. The normalized spacial score (nSPS) is 22.7. The van der Waals surface area contributed by atoms with Crippen LogP contribution in [0.3, 0.4) is 0 Å². The van der Waals surface area contributed by atoms with Gasteiger partial charge in [0, 0.05) is 51.1 Å². The van der Waals surface area contributed by atoms with Gasteiger partial charge in [0.15, 0.2) is 5.75 Å². The van der Waals surface area contributed by atoms with Gasteiger partial charge in [0.05, 0.1) is 19.0 Å². The van der Waals surface area contributed by atoms with Gasteiger partial charge in [-0.15, -0.1) is 0 Å². The smallest absolute Gasteiger partial charge is 0.345 e. The number of amidine groups is 1. The summed E-state index contributed by atoms with van der Waals surface area (Å²) in [5.41, 5.74) is 11.7. The fourth-order valence-electron chi connectivity index (χ4n) is 4.66. The Labute approximate surface area is 226 Å². The molecule has 3 saturated heterocycles. The molecule has 0 aromatic carbocycles. The molecule has 0 saturated carbocycles. The van der Waals surface area contributed by atoms with Gasteiger partial charge in [0.2, 0.25) is 11.9 Å². The first kappa shape index (κ1) is 29.6. The summed E-state index contributed by atoms with van der Waals surface area (Å²) >= 11 is 0. The molecular weight excluding hydrogens is 484 g/mol. The van der Waals surface area contributed by atoms with E-state index in [1.165, 1.54) is 0 Å². The second kappa shape index (κ2) is 14.8. The molecule has 212 valence electrons. The van der Waals surface area contributed by atoms with Gasteiger partial charge < -0.3 is 31.3 Å². The number of ether oxygens (including phenoxy) is 1. The molecule has 3 fully saturated rings. The van der Waals surface area contributed by atoms with E-state index < -0.39 is 0 Å². The fraction of sp³-hybridized carbons (Fsp3) is 0.741. The number of urea groups is 1. The molecule has 0 spiro atoms. The lowest BCUT2D eigenvalue weighted by Gasteiger charge is -2.30. The maximum absolute atomic E-state index is 12.2. The summed E-state index contributed by atoms with van der Waals surface area (Å²) in [6.07, 6.45) is 10.3. The monoisotopic (exact) mass is 530 g/mol.